The molecule has 9 heteroatoms. The molecule has 3 rings (SSSR count). The maximum Gasteiger partial charge on any atom is 0.191 e. The van der Waals surface area contributed by atoms with E-state index in [1.54, 1.807) is 6.33 Å². The Balaban J connectivity index is 0.00000261. The summed E-state index contributed by atoms with van der Waals surface area (Å²) < 4.78 is 14.9. The van der Waals surface area contributed by atoms with Crippen LogP contribution in [0.5, 0.6) is 0 Å². The average molecular weight is 487 g/mol. The molecule has 2 heterocycles. The van der Waals surface area contributed by atoms with Gasteiger partial charge in [0.15, 0.2) is 5.96 Å². The molecule has 1 aromatic carbocycles. The number of hydrogen-bond donors (Lipinski definition) is 1. The topological polar surface area (TPSA) is 75.6 Å². The van der Waals surface area contributed by atoms with Crippen molar-refractivity contribution in [2.75, 3.05) is 31.1 Å². The lowest BCUT2D eigenvalue weighted by molar-refractivity contribution is 0.341. The minimum absolute atomic E-state index is 0. The Bertz CT molecular complexity index is 759. The molecule has 1 saturated heterocycles. The van der Waals surface area contributed by atoms with Gasteiger partial charge in [-0.05, 0) is 45.0 Å². The molecule has 1 fully saturated rings. The van der Waals surface area contributed by atoms with Gasteiger partial charge >= 0.3 is 0 Å². The van der Waals surface area contributed by atoms with E-state index >= 15 is 0 Å². The van der Waals surface area contributed by atoms with Crippen LogP contribution in [-0.4, -0.2) is 51.8 Å². The molecule has 1 aromatic heterocycles. The average Bonchev–Trinajstić information content (AvgIpc) is 3.09. The molecule has 0 aliphatic carbocycles. The fourth-order valence-corrected chi connectivity index (χ4v) is 3.03. The van der Waals surface area contributed by atoms with Gasteiger partial charge in [0.05, 0.1) is 5.54 Å². The van der Waals surface area contributed by atoms with Crippen LogP contribution in [0.1, 0.15) is 26.6 Å². The summed E-state index contributed by atoms with van der Waals surface area (Å²) in [7, 11) is 0. The molecular weight excluding hydrogens is 460 g/mol. The lowest BCUT2D eigenvalue weighted by Crippen LogP contribution is -2.51. The molecule has 0 unspecified atom stereocenters. The Labute approximate surface area is 176 Å². The third-order valence-corrected chi connectivity index (χ3v) is 4.43. The fourth-order valence-electron chi connectivity index (χ4n) is 3.03. The number of aromatic nitrogens is 3. The van der Waals surface area contributed by atoms with Crippen molar-refractivity contribution in [3.8, 4) is 0 Å². The number of nitrogens with zero attached hydrogens (tertiary/aromatic N) is 6. The number of nitrogens with two attached hydrogens (primary N) is 1. The van der Waals surface area contributed by atoms with Crippen LogP contribution in [0, 0.1) is 5.82 Å². The zero-order valence-electron chi connectivity index (χ0n) is 16.0. The van der Waals surface area contributed by atoms with Crippen molar-refractivity contribution in [3.05, 3.63) is 42.2 Å². The number of rotatable bonds is 3. The highest BCUT2D eigenvalue weighted by molar-refractivity contribution is 14.0. The largest absolute Gasteiger partial charge is 0.370 e. The summed E-state index contributed by atoms with van der Waals surface area (Å²) >= 11 is 0. The summed E-state index contributed by atoms with van der Waals surface area (Å²) in [6.45, 7) is 9.82. The summed E-state index contributed by atoms with van der Waals surface area (Å²) in [6.07, 6.45) is 1.55. The molecule has 0 saturated carbocycles. The van der Waals surface area contributed by atoms with Crippen molar-refractivity contribution < 1.29 is 4.39 Å². The van der Waals surface area contributed by atoms with Crippen LogP contribution in [0.15, 0.2) is 35.6 Å². The zero-order chi connectivity index (χ0) is 18.7. The quantitative estimate of drug-likeness (QED) is 0.409. The third-order valence-electron chi connectivity index (χ3n) is 4.43. The SMILES string of the molecule is CC(C)(C)n1ncnc1CN=C(N)N1CCN(c2ccc(F)cc2)CC1.I. The Kier molecular flexibility index (Phi) is 7.01. The van der Waals surface area contributed by atoms with Crippen molar-refractivity contribution in [2.45, 2.75) is 32.9 Å². The highest BCUT2D eigenvalue weighted by atomic mass is 127. The van der Waals surface area contributed by atoms with Crippen molar-refractivity contribution >= 4 is 35.6 Å². The molecule has 2 aromatic rings. The van der Waals surface area contributed by atoms with Crippen LogP contribution in [0.25, 0.3) is 0 Å². The van der Waals surface area contributed by atoms with Crippen molar-refractivity contribution in [1.29, 1.82) is 0 Å². The highest BCUT2D eigenvalue weighted by Crippen LogP contribution is 2.17. The normalized spacial score (nSPS) is 15.6. The first kappa shape index (κ1) is 21.4. The van der Waals surface area contributed by atoms with Crippen molar-refractivity contribution in [3.63, 3.8) is 0 Å². The van der Waals surface area contributed by atoms with Gasteiger partial charge in [-0.15, -0.1) is 24.0 Å². The first-order valence-electron chi connectivity index (χ1n) is 8.79. The number of guanidine groups is 1. The molecule has 0 radical (unpaired) electrons. The van der Waals surface area contributed by atoms with Gasteiger partial charge in [0.2, 0.25) is 0 Å². The van der Waals surface area contributed by atoms with Crippen LogP contribution in [0.2, 0.25) is 0 Å². The summed E-state index contributed by atoms with van der Waals surface area (Å²) in [5.41, 5.74) is 7.06. The number of aliphatic imine (C=N–C) groups is 1. The molecule has 2 N–H and O–H groups in total. The molecule has 1 aliphatic rings. The van der Waals surface area contributed by atoms with E-state index in [4.69, 9.17) is 5.73 Å². The standard InChI is InChI=1S/C18H26FN7.HI/c1-18(2,3)26-16(22-13-23-26)12-21-17(20)25-10-8-24(9-11-25)15-6-4-14(19)5-7-15;/h4-7,13H,8-12H2,1-3H3,(H2,20,21);1H. The molecule has 0 atom stereocenters. The van der Waals surface area contributed by atoms with E-state index in [9.17, 15) is 4.39 Å². The first-order chi connectivity index (χ1) is 12.3. The molecule has 0 amide bonds. The van der Waals surface area contributed by atoms with Crippen LogP contribution >= 0.6 is 24.0 Å². The minimum Gasteiger partial charge on any atom is -0.370 e. The van der Waals surface area contributed by atoms with Crippen LogP contribution < -0.4 is 10.6 Å². The van der Waals surface area contributed by atoms with Gasteiger partial charge in [-0.3, -0.25) is 0 Å². The van der Waals surface area contributed by atoms with Gasteiger partial charge in [0.1, 0.15) is 24.5 Å². The van der Waals surface area contributed by atoms with Gasteiger partial charge in [-0.1, -0.05) is 0 Å². The molecule has 1 aliphatic heterocycles. The second-order valence-corrected chi connectivity index (χ2v) is 7.38. The summed E-state index contributed by atoms with van der Waals surface area (Å²) in [6, 6.07) is 6.59. The second kappa shape index (κ2) is 8.85. The molecular formula is C18H27FIN7. The maximum atomic E-state index is 13.1. The van der Waals surface area contributed by atoms with Crippen LogP contribution in [-0.2, 0) is 12.1 Å². The minimum atomic E-state index is -0.216. The Hall–Kier alpha value is -1.91. The number of anilines is 1. The molecule has 27 heavy (non-hydrogen) atoms. The fraction of sp³-hybridized carbons (Fsp3) is 0.500. The van der Waals surface area contributed by atoms with Gasteiger partial charge in [0, 0.05) is 31.9 Å². The number of hydrogen-bond acceptors (Lipinski definition) is 4. The van der Waals surface area contributed by atoms with E-state index in [1.165, 1.54) is 12.1 Å². The van der Waals surface area contributed by atoms with E-state index in [2.05, 4.69) is 45.6 Å². The monoisotopic (exact) mass is 487 g/mol. The van der Waals surface area contributed by atoms with Gasteiger partial charge in [0.25, 0.3) is 0 Å². The maximum absolute atomic E-state index is 13.1. The second-order valence-electron chi connectivity index (χ2n) is 7.38. The Morgan fingerprint density at radius 2 is 1.78 bits per heavy atom. The van der Waals surface area contributed by atoms with Gasteiger partial charge < -0.3 is 15.5 Å². The summed E-state index contributed by atoms with van der Waals surface area (Å²) in [5.74, 6) is 1.10. The van der Waals surface area contributed by atoms with Gasteiger partial charge in [-0.2, -0.15) is 5.10 Å². The first-order valence-corrected chi connectivity index (χ1v) is 8.79. The predicted octanol–water partition coefficient (Wildman–Crippen LogP) is 2.43. The molecule has 0 bridgehead atoms. The zero-order valence-corrected chi connectivity index (χ0v) is 18.3. The van der Waals surface area contributed by atoms with E-state index in [0.29, 0.717) is 12.5 Å². The van der Waals surface area contributed by atoms with Crippen molar-refractivity contribution in [1.82, 2.24) is 19.7 Å². The van der Waals surface area contributed by atoms with E-state index in [0.717, 1.165) is 37.7 Å². The van der Waals surface area contributed by atoms with Crippen LogP contribution in [0.4, 0.5) is 10.1 Å². The predicted molar refractivity (Wildman–Crippen MR) is 116 cm³/mol. The van der Waals surface area contributed by atoms with Gasteiger partial charge in [-0.25, -0.2) is 19.0 Å². The van der Waals surface area contributed by atoms with Crippen LogP contribution in [0.3, 0.4) is 0 Å². The number of halogens is 2. The lowest BCUT2D eigenvalue weighted by atomic mass is 10.1. The Morgan fingerprint density at radius 3 is 2.37 bits per heavy atom. The van der Waals surface area contributed by atoms with E-state index in [1.807, 2.05) is 16.8 Å². The lowest BCUT2D eigenvalue weighted by Gasteiger charge is -2.36. The third kappa shape index (κ3) is 5.30. The number of benzene rings is 1. The molecule has 7 nitrogen and oxygen atoms in total. The van der Waals surface area contributed by atoms with E-state index < -0.39 is 0 Å². The summed E-state index contributed by atoms with van der Waals surface area (Å²) in [4.78, 5) is 13.1. The molecule has 148 valence electrons. The Morgan fingerprint density at radius 1 is 1.15 bits per heavy atom. The summed E-state index contributed by atoms with van der Waals surface area (Å²) in [5, 5.41) is 4.28. The number of piperazine rings is 1. The molecule has 0 spiro atoms. The smallest absolute Gasteiger partial charge is 0.191 e. The highest BCUT2D eigenvalue weighted by Gasteiger charge is 2.20. The van der Waals surface area contributed by atoms with E-state index in [-0.39, 0.29) is 35.3 Å². The van der Waals surface area contributed by atoms with Crippen molar-refractivity contribution in [2.24, 2.45) is 10.7 Å².